The van der Waals surface area contributed by atoms with Crippen LogP contribution in [0.3, 0.4) is 0 Å². The molecule has 1 N–H and O–H groups in total. The minimum atomic E-state index is -1.04. The van der Waals surface area contributed by atoms with Crippen molar-refractivity contribution in [2.24, 2.45) is 0 Å². The molecular weight excluding hydrogens is 448 g/mol. The van der Waals surface area contributed by atoms with Crippen molar-refractivity contribution in [3.8, 4) is 0 Å². The van der Waals surface area contributed by atoms with E-state index in [9.17, 15) is 14.4 Å². The Balaban J connectivity index is 2.20. The van der Waals surface area contributed by atoms with Crippen LogP contribution >= 0.6 is 0 Å². The quantitative estimate of drug-likeness (QED) is 0.535. The van der Waals surface area contributed by atoms with Gasteiger partial charge in [-0.25, -0.2) is 9.59 Å². The number of esters is 2. The lowest BCUT2D eigenvalue weighted by Gasteiger charge is -2.28. The molecular formula is C26H36N4O5. The first-order valence-corrected chi connectivity index (χ1v) is 11.6. The van der Waals surface area contributed by atoms with Crippen LogP contribution in [0.2, 0.25) is 0 Å². The Bertz CT molecular complexity index is 927. The van der Waals surface area contributed by atoms with Crippen LogP contribution in [0.15, 0.2) is 48.8 Å². The molecule has 2 rings (SSSR count). The zero-order valence-corrected chi connectivity index (χ0v) is 21.4. The number of rotatable bonds is 9. The number of carbonyl (C=O) groups is 3. The molecule has 1 atom stereocenters. The van der Waals surface area contributed by atoms with Crippen LogP contribution in [0.4, 0.5) is 4.79 Å². The van der Waals surface area contributed by atoms with Crippen LogP contribution in [0.25, 0.3) is 0 Å². The van der Waals surface area contributed by atoms with Gasteiger partial charge in [-0.15, -0.1) is 0 Å². The molecule has 0 aliphatic rings. The summed E-state index contributed by atoms with van der Waals surface area (Å²) in [7, 11) is 0. The van der Waals surface area contributed by atoms with Crippen LogP contribution in [0, 0.1) is 0 Å². The first kappa shape index (κ1) is 27.8. The molecule has 0 spiro atoms. The molecule has 0 bridgehead atoms. The van der Waals surface area contributed by atoms with Crippen molar-refractivity contribution in [1.82, 2.24) is 20.2 Å². The average Bonchev–Trinajstić information content (AvgIpc) is 2.75. The summed E-state index contributed by atoms with van der Waals surface area (Å²) in [6, 6.07) is 9.35. The summed E-state index contributed by atoms with van der Waals surface area (Å²) in [6.07, 6.45) is 3.28. The van der Waals surface area contributed by atoms with E-state index in [4.69, 9.17) is 9.47 Å². The Hall–Kier alpha value is -3.49. The number of amides is 2. The third-order valence-electron chi connectivity index (χ3n) is 4.49. The van der Waals surface area contributed by atoms with Crippen LogP contribution in [-0.2, 0) is 32.2 Å². The van der Waals surface area contributed by atoms with E-state index in [-0.39, 0.29) is 25.9 Å². The zero-order chi connectivity index (χ0) is 26.1. The highest BCUT2D eigenvalue weighted by Gasteiger charge is 2.30. The van der Waals surface area contributed by atoms with E-state index in [1.54, 1.807) is 66.1 Å². The maximum Gasteiger partial charge on any atom is 0.329 e. The van der Waals surface area contributed by atoms with Crippen molar-refractivity contribution >= 4 is 18.0 Å². The van der Waals surface area contributed by atoms with Gasteiger partial charge in [0.2, 0.25) is 0 Å². The van der Waals surface area contributed by atoms with Crippen LogP contribution in [0.5, 0.6) is 0 Å². The van der Waals surface area contributed by atoms with Crippen molar-refractivity contribution < 1.29 is 23.9 Å². The van der Waals surface area contributed by atoms with E-state index < -0.39 is 35.2 Å². The summed E-state index contributed by atoms with van der Waals surface area (Å²) < 4.78 is 10.8. The summed E-state index contributed by atoms with van der Waals surface area (Å²) in [6.45, 7) is 10.9. The standard InChI is InChI=1S/C26H36N4O5/c1-25(2,3)34-22(31)14-13-21(23(32)35-26(4,5)6)29-24(33)30(17-19-11-7-9-15-27-19)18-20-12-8-10-16-28-20/h7-12,15-16,21H,13-14,17-18H2,1-6H3,(H,29,33). The Kier molecular flexibility index (Phi) is 9.74. The molecule has 0 radical (unpaired) electrons. The lowest BCUT2D eigenvalue weighted by molar-refractivity contribution is -0.158. The molecule has 2 heterocycles. The molecule has 9 nitrogen and oxygen atoms in total. The third-order valence-corrected chi connectivity index (χ3v) is 4.49. The zero-order valence-electron chi connectivity index (χ0n) is 21.4. The van der Waals surface area contributed by atoms with Gasteiger partial charge >= 0.3 is 18.0 Å². The molecule has 0 aromatic carbocycles. The molecule has 190 valence electrons. The Morgan fingerprint density at radius 3 is 1.80 bits per heavy atom. The SMILES string of the molecule is CC(C)(C)OC(=O)CCC(NC(=O)N(Cc1ccccn1)Cc1ccccn1)C(=O)OC(C)(C)C. The van der Waals surface area contributed by atoms with Gasteiger partial charge in [-0.05, 0) is 72.2 Å². The molecule has 0 aliphatic heterocycles. The van der Waals surface area contributed by atoms with Crippen LogP contribution < -0.4 is 5.32 Å². The van der Waals surface area contributed by atoms with Gasteiger partial charge in [-0.1, -0.05) is 12.1 Å². The fourth-order valence-electron chi connectivity index (χ4n) is 3.09. The normalized spacial score (nSPS) is 12.4. The van der Waals surface area contributed by atoms with Crippen LogP contribution in [-0.4, -0.2) is 50.1 Å². The molecule has 0 saturated carbocycles. The highest BCUT2D eigenvalue weighted by molar-refractivity contribution is 5.84. The topological polar surface area (TPSA) is 111 Å². The Morgan fingerprint density at radius 2 is 1.37 bits per heavy atom. The minimum absolute atomic E-state index is 0.0383. The number of nitrogens with zero attached hydrogens (tertiary/aromatic N) is 3. The van der Waals surface area contributed by atoms with Gasteiger partial charge < -0.3 is 19.7 Å². The third kappa shape index (κ3) is 11.0. The minimum Gasteiger partial charge on any atom is -0.460 e. The largest absolute Gasteiger partial charge is 0.460 e. The van der Waals surface area contributed by atoms with Crippen molar-refractivity contribution in [2.45, 2.75) is 84.7 Å². The number of nitrogens with one attached hydrogen (secondary N) is 1. The molecule has 2 amide bonds. The van der Waals surface area contributed by atoms with Crippen LogP contribution in [0.1, 0.15) is 65.8 Å². The van der Waals surface area contributed by atoms with Crippen molar-refractivity contribution in [2.75, 3.05) is 0 Å². The van der Waals surface area contributed by atoms with Gasteiger partial charge in [-0.3, -0.25) is 14.8 Å². The van der Waals surface area contributed by atoms with E-state index in [1.165, 1.54) is 4.90 Å². The smallest absolute Gasteiger partial charge is 0.329 e. The van der Waals surface area contributed by atoms with E-state index in [0.29, 0.717) is 11.4 Å². The summed E-state index contributed by atoms with van der Waals surface area (Å²) in [5.41, 5.74) is -0.0420. The highest BCUT2D eigenvalue weighted by atomic mass is 16.6. The number of hydrogen-bond donors (Lipinski definition) is 1. The predicted molar refractivity (Wildman–Crippen MR) is 131 cm³/mol. The van der Waals surface area contributed by atoms with E-state index in [2.05, 4.69) is 15.3 Å². The molecule has 0 aliphatic carbocycles. The van der Waals surface area contributed by atoms with Gasteiger partial charge in [0.1, 0.15) is 17.2 Å². The highest BCUT2D eigenvalue weighted by Crippen LogP contribution is 2.15. The maximum atomic E-state index is 13.3. The molecule has 1 unspecified atom stereocenters. The van der Waals surface area contributed by atoms with E-state index in [1.807, 2.05) is 24.3 Å². The Morgan fingerprint density at radius 1 is 0.857 bits per heavy atom. The number of pyridine rings is 2. The summed E-state index contributed by atoms with van der Waals surface area (Å²) in [5, 5.41) is 2.75. The summed E-state index contributed by atoms with van der Waals surface area (Å²) >= 11 is 0. The number of carbonyl (C=O) groups excluding carboxylic acids is 3. The maximum absolute atomic E-state index is 13.3. The van der Waals surface area contributed by atoms with E-state index in [0.717, 1.165) is 0 Å². The molecule has 0 saturated heterocycles. The average molecular weight is 485 g/mol. The lowest BCUT2D eigenvalue weighted by Crippen LogP contribution is -2.49. The van der Waals surface area contributed by atoms with Gasteiger partial charge in [0.05, 0.1) is 24.5 Å². The number of aromatic nitrogens is 2. The molecule has 0 fully saturated rings. The molecule has 2 aromatic heterocycles. The van der Waals surface area contributed by atoms with E-state index >= 15 is 0 Å². The monoisotopic (exact) mass is 484 g/mol. The molecule has 9 heteroatoms. The number of urea groups is 1. The second-order valence-corrected chi connectivity index (χ2v) is 10.2. The lowest BCUT2D eigenvalue weighted by atomic mass is 10.1. The fourth-order valence-corrected chi connectivity index (χ4v) is 3.09. The summed E-state index contributed by atoms with van der Waals surface area (Å²) in [4.78, 5) is 48.6. The second-order valence-electron chi connectivity index (χ2n) is 10.2. The molecule has 35 heavy (non-hydrogen) atoms. The van der Waals surface area contributed by atoms with Gasteiger partial charge in [0.15, 0.2) is 0 Å². The van der Waals surface area contributed by atoms with Crippen molar-refractivity contribution in [3.05, 3.63) is 60.2 Å². The van der Waals surface area contributed by atoms with Crippen molar-refractivity contribution in [3.63, 3.8) is 0 Å². The first-order chi connectivity index (χ1) is 16.3. The predicted octanol–water partition coefficient (Wildman–Crippen LogP) is 4.02. The number of hydrogen-bond acceptors (Lipinski definition) is 7. The first-order valence-electron chi connectivity index (χ1n) is 11.6. The molecule has 2 aromatic rings. The fraction of sp³-hybridized carbons (Fsp3) is 0.500. The second kappa shape index (κ2) is 12.3. The Labute approximate surface area is 207 Å². The van der Waals surface area contributed by atoms with Gasteiger partial charge in [0.25, 0.3) is 0 Å². The summed E-state index contributed by atoms with van der Waals surface area (Å²) in [5.74, 6) is -1.08. The van der Waals surface area contributed by atoms with Gasteiger partial charge in [0, 0.05) is 18.8 Å². The van der Waals surface area contributed by atoms with Gasteiger partial charge in [-0.2, -0.15) is 0 Å². The number of ether oxygens (including phenoxy) is 2. The van der Waals surface area contributed by atoms with Crippen molar-refractivity contribution in [1.29, 1.82) is 0 Å².